The van der Waals surface area contributed by atoms with Gasteiger partial charge in [0.15, 0.2) is 0 Å². The fourth-order valence-corrected chi connectivity index (χ4v) is 1.54. The highest BCUT2D eigenvalue weighted by Crippen LogP contribution is 2.29. The normalized spacial score (nSPS) is 15.6. The van der Waals surface area contributed by atoms with Gasteiger partial charge in [0.2, 0.25) is 8.03 Å². The van der Waals surface area contributed by atoms with Crippen molar-refractivity contribution >= 4 is 13.8 Å². The predicted molar refractivity (Wildman–Crippen MR) is 50.0 cm³/mol. The fraction of sp³-hybridized carbons (Fsp3) is 0.875. The number of hydrogen-bond acceptors (Lipinski definition) is 3. The van der Waals surface area contributed by atoms with E-state index in [0.29, 0.717) is 6.61 Å². The Morgan fingerprint density at radius 3 is 2.58 bits per heavy atom. The average molecular weight is 192 g/mol. The SMILES string of the molecule is CCCCO[PH](=O)C(C)C(C)=O. The van der Waals surface area contributed by atoms with Crippen LogP contribution in [-0.4, -0.2) is 18.0 Å². The van der Waals surface area contributed by atoms with Crippen LogP contribution in [0.1, 0.15) is 33.6 Å². The molecule has 0 heterocycles. The molecule has 4 heteroatoms. The van der Waals surface area contributed by atoms with Crippen molar-refractivity contribution in [3.8, 4) is 0 Å². The Morgan fingerprint density at radius 1 is 1.58 bits per heavy atom. The van der Waals surface area contributed by atoms with Crippen molar-refractivity contribution in [1.29, 1.82) is 0 Å². The highest BCUT2D eigenvalue weighted by Gasteiger charge is 2.15. The van der Waals surface area contributed by atoms with E-state index in [0.717, 1.165) is 12.8 Å². The molecule has 0 rings (SSSR count). The van der Waals surface area contributed by atoms with E-state index in [9.17, 15) is 9.36 Å². The van der Waals surface area contributed by atoms with Crippen molar-refractivity contribution in [2.45, 2.75) is 39.3 Å². The molecular weight excluding hydrogens is 175 g/mol. The molecule has 72 valence electrons. The van der Waals surface area contributed by atoms with E-state index in [1.807, 2.05) is 6.92 Å². The van der Waals surface area contributed by atoms with Gasteiger partial charge in [-0.2, -0.15) is 0 Å². The van der Waals surface area contributed by atoms with Crippen LogP contribution in [0.5, 0.6) is 0 Å². The number of ketones is 1. The van der Waals surface area contributed by atoms with Crippen LogP contribution in [0.25, 0.3) is 0 Å². The van der Waals surface area contributed by atoms with Crippen molar-refractivity contribution < 1.29 is 13.9 Å². The molecule has 0 spiro atoms. The van der Waals surface area contributed by atoms with Gasteiger partial charge in [-0.15, -0.1) is 0 Å². The molecule has 12 heavy (non-hydrogen) atoms. The van der Waals surface area contributed by atoms with Crippen molar-refractivity contribution in [2.24, 2.45) is 0 Å². The molecule has 0 radical (unpaired) electrons. The Kier molecular flexibility index (Phi) is 6.31. The predicted octanol–water partition coefficient (Wildman–Crippen LogP) is 2.26. The second-order valence-electron chi connectivity index (χ2n) is 2.85. The van der Waals surface area contributed by atoms with Gasteiger partial charge in [0.1, 0.15) is 5.78 Å². The van der Waals surface area contributed by atoms with E-state index < -0.39 is 13.7 Å². The zero-order valence-electron chi connectivity index (χ0n) is 7.92. The zero-order valence-corrected chi connectivity index (χ0v) is 8.92. The Labute approximate surface area is 74.4 Å². The minimum absolute atomic E-state index is 0.0598. The zero-order chi connectivity index (χ0) is 9.56. The number of carbonyl (C=O) groups excluding carboxylic acids is 1. The molecule has 2 atom stereocenters. The first-order chi connectivity index (χ1) is 5.59. The summed E-state index contributed by atoms with van der Waals surface area (Å²) < 4.78 is 16.2. The van der Waals surface area contributed by atoms with E-state index in [4.69, 9.17) is 4.52 Å². The lowest BCUT2D eigenvalue weighted by Crippen LogP contribution is -2.09. The summed E-state index contributed by atoms with van der Waals surface area (Å²) in [5.41, 5.74) is -0.424. The van der Waals surface area contributed by atoms with Crippen LogP contribution >= 0.6 is 8.03 Å². The van der Waals surface area contributed by atoms with Gasteiger partial charge in [-0.1, -0.05) is 13.3 Å². The van der Waals surface area contributed by atoms with Gasteiger partial charge < -0.3 is 4.52 Å². The minimum atomic E-state index is -2.14. The largest absolute Gasteiger partial charge is 0.330 e. The lowest BCUT2D eigenvalue weighted by molar-refractivity contribution is -0.116. The van der Waals surface area contributed by atoms with E-state index in [-0.39, 0.29) is 5.78 Å². The topological polar surface area (TPSA) is 43.4 Å². The molecular formula is C8H17O3P. The number of rotatable bonds is 6. The molecule has 0 N–H and O–H groups in total. The van der Waals surface area contributed by atoms with Crippen molar-refractivity contribution in [1.82, 2.24) is 0 Å². The average Bonchev–Trinajstić information content (AvgIpc) is 2.03. The quantitative estimate of drug-likeness (QED) is 0.479. The van der Waals surface area contributed by atoms with E-state index >= 15 is 0 Å². The Hall–Kier alpha value is -0.140. The van der Waals surface area contributed by atoms with Gasteiger partial charge in [0, 0.05) is 0 Å². The van der Waals surface area contributed by atoms with Crippen molar-refractivity contribution in [3.05, 3.63) is 0 Å². The first-order valence-corrected chi connectivity index (χ1v) is 5.66. The number of hydrogen-bond donors (Lipinski definition) is 0. The third-order valence-corrected chi connectivity index (χ3v) is 3.31. The molecule has 0 saturated carbocycles. The highest BCUT2D eigenvalue weighted by molar-refractivity contribution is 7.41. The standard InChI is InChI=1S/C8H17O3P/c1-4-5-6-11-12(10)8(3)7(2)9/h8,12H,4-6H2,1-3H3. The van der Waals surface area contributed by atoms with Gasteiger partial charge in [-0.25, -0.2) is 0 Å². The van der Waals surface area contributed by atoms with Crippen LogP contribution in [0, 0.1) is 0 Å². The summed E-state index contributed by atoms with van der Waals surface area (Å²) in [6, 6.07) is 0. The molecule has 0 aliphatic rings. The second-order valence-corrected chi connectivity index (χ2v) is 4.65. The van der Waals surface area contributed by atoms with E-state index in [2.05, 4.69) is 0 Å². The van der Waals surface area contributed by atoms with Crippen LogP contribution in [0.3, 0.4) is 0 Å². The summed E-state index contributed by atoms with van der Waals surface area (Å²) in [7, 11) is -2.14. The molecule has 0 aromatic heterocycles. The van der Waals surface area contributed by atoms with Gasteiger partial charge in [0.05, 0.1) is 12.3 Å². The van der Waals surface area contributed by atoms with Gasteiger partial charge in [0.25, 0.3) is 0 Å². The van der Waals surface area contributed by atoms with Crippen molar-refractivity contribution in [3.63, 3.8) is 0 Å². The number of carbonyl (C=O) groups is 1. The van der Waals surface area contributed by atoms with Gasteiger partial charge >= 0.3 is 0 Å². The summed E-state index contributed by atoms with van der Waals surface area (Å²) in [6.07, 6.45) is 1.92. The third-order valence-electron chi connectivity index (χ3n) is 1.71. The highest BCUT2D eigenvalue weighted by atomic mass is 31.1. The maximum absolute atomic E-state index is 11.2. The molecule has 0 aliphatic carbocycles. The molecule has 0 aromatic carbocycles. The van der Waals surface area contributed by atoms with E-state index in [1.54, 1.807) is 6.92 Å². The molecule has 0 aliphatic heterocycles. The summed E-state index contributed by atoms with van der Waals surface area (Å²) >= 11 is 0. The maximum atomic E-state index is 11.2. The van der Waals surface area contributed by atoms with Crippen LogP contribution in [0.2, 0.25) is 0 Å². The summed E-state index contributed by atoms with van der Waals surface area (Å²) in [6.45, 7) is 5.63. The molecule has 3 nitrogen and oxygen atoms in total. The second kappa shape index (κ2) is 6.38. The summed E-state index contributed by atoms with van der Waals surface area (Å²) in [4.78, 5) is 10.8. The van der Waals surface area contributed by atoms with Gasteiger partial charge in [-0.3, -0.25) is 9.36 Å². The van der Waals surface area contributed by atoms with Gasteiger partial charge in [-0.05, 0) is 20.3 Å². The molecule has 0 amide bonds. The van der Waals surface area contributed by atoms with Crippen LogP contribution in [0.4, 0.5) is 0 Å². The third kappa shape index (κ3) is 4.68. The lowest BCUT2D eigenvalue weighted by atomic mass is 10.3. The smallest absolute Gasteiger partial charge is 0.201 e. The fourth-order valence-electron chi connectivity index (χ4n) is 0.608. The minimum Gasteiger partial charge on any atom is -0.330 e. The number of unbranched alkanes of at least 4 members (excludes halogenated alkanes) is 1. The molecule has 0 fully saturated rings. The Balaban J connectivity index is 3.65. The molecule has 0 bridgehead atoms. The monoisotopic (exact) mass is 192 g/mol. The van der Waals surface area contributed by atoms with Crippen molar-refractivity contribution in [2.75, 3.05) is 6.61 Å². The summed E-state index contributed by atoms with van der Waals surface area (Å²) in [5, 5.41) is 0. The molecule has 0 aromatic rings. The summed E-state index contributed by atoms with van der Waals surface area (Å²) in [5.74, 6) is -0.0598. The van der Waals surface area contributed by atoms with Crippen LogP contribution in [0.15, 0.2) is 0 Å². The first-order valence-electron chi connectivity index (χ1n) is 4.26. The Morgan fingerprint density at radius 2 is 2.17 bits per heavy atom. The maximum Gasteiger partial charge on any atom is 0.201 e. The molecule has 0 saturated heterocycles. The van der Waals surface area contributed by atoms with Crippen LogP contribution < -0.4 is 0 Å². The number of Topliss-reactive ketones (excluding diaryl/α,β-unsaturated/α-hetero) is 1. The van der Waals surface area contributed by atoms with Crippen LogP contribution in [-0.2, 0) is 13.9 Å². The first kappa shape index (κ1) is 11.9. The Bertz CT molecular complexity index is 168. The molecule has 2 unspecified atom stereocenters. The lowest BCUT2D eigenvalue weighted by Gasteiger charge is -2.07. The van der Waals surface area contributed by atoms with E-state index in [1.165, 1.54) is 6.92 Å².